The standard InChI is InChI=1S/C20H24ClN3O2/c1-26-19-7-5-18(6-8-19)23-11-13-24(14-12-23)20(25)22-10-9-16-3-2-4-17(21)15-16/h2-8,15H,9-14H2,1H3,(H,22,25). The zero-order valence-corrected chi connectivity index (χ0v) is 15.7. The van der Waals surface area contributed by atoms with E-state index in [1.807, 2.05) is 41.3 Å². The van der Waals surface area contributed by atoms with Crippen molar-refractivity contribution in [2.45, 2.75) is 6.42 Å². The molecule has 0 saturated carbocycles. The predicted octanol–water partition coefficient (Wildman–Crippen LogP) is 3.42. The molecule has 5 nitrogen and oxygen atoms in total. The third kappa shape index (κ3) is 4.82. The zero-order valence-electron chi connectivity index (χ0n) is 15.0. The van der Waals surface area contributed by atoms with Gasteiger partial charge in [-0.3, -0.25) is 0 Å². The molecule has 0 aromatic heterocycles. The normalized spacial score (nSPS) is 14.2. The van der Waals surface area contributed by atoms with Crippen LogP contribution in [0.25, 0.3) is 0 Å². The molecule has 0 atom stereocenters. The fourth-order valence-electron chi connectivity index (χ4n) is 3.08. The number of methoxy groups -OCH3 is 1. The average molecular weight is 374 g/mol. The molecule has 6 heteroatoms. The number of halogens is 1. The minimum absolute atomic E-state index is 0.00130. The van der Waals surface area contributed by atoms with Crippen LogP contribution in [-0.2, 0) is 6.42 Å². The van der Waals surface area contributed by atoms with Crippen molar-refractivity contribution in [2.24, 2.45) is 0 Å². The Kier molecular flexibility index (Phi) is 6.23. The van der Waals surface area contributed by atoms with Crippen molar-refractivity contribution >= 4 is 23.3 Å². The lowest BCUT2D eigenvalue weighted by atomic mass is 10.1. The first kappa shape index (κ1) is 18.4. The second-order valence-electron chi connectivity index (χ2n) is 6.28. The summed E-state index contributed by atoms with van der Waals surface area (Å²) in [5, 5.41) is 3.72. The van der Waals surface area contributed by atoms with Gasteiger partial charge in [0.15, 0.2) is 0 Å². The molecule has 0 aliphatic carbocycles. The summed E-state index contributed by atoms with van der Waals surface area (Å²) < 4.78 is 5.19. The van der Waals surface area contributed by atoms with E-state index in [0.717, 1.165) is 54.6 Å². The predicted molar refractivity (Wildman–Crippen MR) is 105 cm³/mol. The lowest BCUT2D eigenvalue weighted by Crippen LogP contribution is -2.52. The van der Waals surface area contributed by atoms with Crippen LogP contribution in [0.4, 0.5) is 10.5 Å². The number of hydrogen-bond acceptors (Lipinski definition) is 3. The third-order valence-electron chi connectivity index (χ3n) is 4.58. The highest BCUT2D eigenvalue weighted by Crippen LogP contribution is 2.20. The van der Waals surface area contributed by atoms with E-state index in [2.05, 4.69) is 22.3 Å². The number of carbonyl (C=O) groups is 1. The Hall–Kier alpha value is -2.40. The summed E-state index contributed by atoms with van der Waals surface area (Å²) >= 11 is 5.98. The van der Waals surface area contributed by atoms with Crippen molar-refractivity contribution in [3.8, 4) is 5.75 Å². The van der Waals surface area contributed by atoms with Gasteiger partial charge < -0.3 is 19.9 Å². The van der Waals surface area contributed by atoms with E-state index in [-0.39, 0.29) is 6.03 Å². The smallest absolute Gasteiger partial charge is 0.317 e. The van der Waals surface area contributed by atoms with Crippen LogP contribution in [0.1, 0.15) is 5.56 Å². The van der Waals surface area contributed by atoms with Gasteiger partial charge in [0.1, 0.15) is 5.75 Å². The van der Waals surface area contributed by atoms with Crippen LogP contribution < -0.4 is 15.0 Å². The molecule has 0 bridgehead atoms. The summed E-state index contributed by atoms with van der Waals surface area (Å²) in [6.45, 7) is 3.70. The lowest BCUT2D eigenvalue weighted by molar-refractivity contribution is 0.194. The van der Waals surface area contributed by atoms with Gasteiger partial charge in [0.25, 0.3) is 0 Å². The molecule has 1 aliphatic rings. The van der Waals surface area contributed by atoms with Gasteiger partial charge in [-0.15, -0.1) is 0 Å². The lowest BCUT2D eigenvalue weighted by Gasteiger charge is -2.36. The largest absolute Gasteiger partial charge is 0.497 e. The molecule has 26 heavy (non-hydrogen) atoms. The van der Waals surface area contributed by atoms with Gasteiger partial charge in [-0.05, 0) is 48.4 Å². The number of urea groups is 1. The van der Waals surface area contributed by atoms with E-state index in [1.165, 1.54) is 0 Å². The van der Waals surface area contributed by atoms with Crippen molar-refractivity contribution in [3.05, 3.63) is 59.1 Å². The summed E-state index contributed by atoms with van der Waals surface area (Å²) in [6.07, 6.45) is 0.776. The summed E-state index contributed by atoms with van der Waals surface area (Å²) in [7, 11) is 1.67. The van der Waals surface area contributed by atoms with Gasteiger partial charge in [-0.2, -0.15) is 0 Å². The number of nitrogens with zero attached hydrogens (tertiary/aromatic N) is 2. The van der Waals surface area contributed by atoms with Crippen LogP contribution in [0.15, 0.2) is 48.5 Å². The summed E-state index contributed by atoms with van der Waals surface area (Å²) in [4.78, 5) is 16.5. The van der Waals surface area contributed by atoms with E-state index in [1.54, 1.807) is 7.11 Å². The Morgan fingerprint density at radius 1 is 1.12 bits per heavy atom. The molecule has 2 aromatic rings. The monoisotopic (exact) mass is 373 g/mol. The highest BCUT2D eigenvalue weighted by molar-refractivity contribution is 6.30. The molecule has 0 unspecified atom stereocenters. The topological polar surface area (TPSA) is 44.8 Å². The van der Waals surface area contributed by atoms with Crippen LogP contribution in [0, 0.1) is 0 Å². The highest BCUT2D eigenvalue weighted by Gasteiger charge is 2.21. The summed E-state index contributed by atoms with van der Waals surface area (Å²) in [6, 6.07) is 15.8. The maximum atomic E-state index is 12.3. The van der Waals surface area contributed by atoms with Gasteiger partial charge >= 0.3 is 6.03 Å². The third-order valence-corrected chi connectivity index (χ3v) is 4.82. The number of piperazine rings is 1. The molecule has 0 spiro atoms. The Bertz CT molecular complexity index is 728. The van der Waals surface area contributed by atoms with Crippen LogP contribution in [-0.4, -0.2) is 50.8 Å². The molecule has 1 N–H and O–H groups in total. The maximum Gasteiger partial charge on any atom is 0.317 e. The van der Waals surface area contributed by atoms with Crippen molar-refractivity contribution < 1.29 is 9.53 Å². The number of hydrogen-bond donors (Lipinski definition) is 1. The van der Waals surface area contributed by atoms with Crippen molar-refractivity contribution in [1.82, 2.24) is 10.2 Å². The SMILES string of the molecule is COc1ccc(N2CCN(C(=O)NCCc3cccc(Cl)c3)CC2)cc1. The van der Waals surface area contributed by atoms with E-state index < -0.39 is 0 Å². The number of amides is 2. The molecule has 0 radical (unpaired) electrons. The fourth-order valence-corrected chi connectivity index (χ4v) is 3.29. The second kappa shape index (κ2) is 8.81. The van der Waals surface area contributed by atoms with Crippen LogP contribution in [0.2, 0.25) is 5.02 Å². The maximum absolute atomic E-state index is 12.3. The highest BCUT2D eigenvalue weighted by atomic mass is 35.5. The minimum Gasteiger partial charge on any atom is -0.497 e. The first-order valence-electron chi connectivity index (χ1n) is 8.82. The van der Waals surface area contributed by atoms with Gasteiger partial charge in [-0.1, -0.05) is 23.7 Å². The quantitative estimate of drug-likeness (QED) is 0.873. The van der Waals surface area contributed by atoms with Crippen LogP contribution in [0.5, 0.6) is 5.75 Å². The number of rotatable bonds is 5. The number of anilines is 1. The average Bonchev–Trinajstić information content (AvgIpc) is 2.68. The molecule has 3 rings (SSSR count). The molecule has 1 fully saturated rings. The summed E-state index contributed by atoms with van der Waals surface area (Å²) in [5.74, 6) is 0.853. The van der Waals surface area contributed by atoms with Gasteiger partial charge in [0, 0.05) is 43.4 Å². The first-order valence-corrected chi connectivity index (χ1v) is 9.20. The first-order chi connectivity index (χ1) is 12.7. The zero-order chi connectivity index (χ0) is 18.4. The second-order valence-corrected chi connectivity index (χ2v) is 6.72. The van der Waals surface area contributed by atoms with Gasteiger partial charge in [-0.25, -0.2) is 4.79 Å². The van der Waals surface area contributed by atoms with Gasteiger partial charge in [0.2, 0.25) is 0 Å². The molecule has 1 saturated heterocycles. The molecular weight excluding hydrogens is 350 g/mol. The number of nitrogens with one attached hydrogen (secondary N) is 1. The van der Waals surface area contributed by atoms with Gasteiger partial charge in [0.05, 0.1) is 7.11 Å². The van der Waals surface area contributed by atoms with Crippen molar-refractivity contribution in [3.63, 3.8) is 0 Å². The molecule has 2 amide bonds. The van der Waals surface area contributed by atoms with Crippen LogP contribution in [0.3, 0.4) is 0 Å². The Morgan fingerprint density at radius 3 is 2.50 bits per heavy atom. The van der Waals surface area contributed by atoms with E-state index >= 15 is 0 Å². The van der Waals surface area contributed by atoms with E-state index in [4.69, 9.17) is 16.3 Å². The Labute approximate surface area is 159 Å². The molecular formula is C20H24ClN3O2. The van der Waals surface area contributed by atoms with Crippen molar-refractivity contribution in [1.29, 1.82) is 0 Å². The van der Waals surface area contributed by atoms with Crippen LogP contribution >= 0.6 is 11.6 Å². The Morgan fingerprint density at radius 2 is 1.85 bits per heavy atom. The molecule has 1 heterocycles. The molecule has 2 aromatic carbocycles. The van der Waals surface area contributed by atoms with E-state index in [0.29, 0.717) is 6.54 Å². The number of ether oxygens (including phenoxy) is 1. The molecule has 1 aliphatic heterocycles. The van der Waals surface area contributed by atoms with Crippen molar-refractivity contribution in [2.75, 3.05) is 44.7 Å². The summed E-state index contributed by atoms with van der Waals surface area (Å²) in [5.41, 5.74) is 2.29. The number of benzene rings is 2. The Balaban J connectivity index is 1.43. The number of carbonyl (C=O) groups excluding carboxylic acids is 1. The van der Waals surface area contributed by atoms with E-state index in [9.17, 15) is 4.79 Å². The fraction of sp³-hybridized carbons (Fsp3) is 0.350. The molecule has 138 valence electrons. The minimum atomic E-state index is 0.00130.